The summed E-state index contributed by atoms with van der Waals surface area (Å²) >= 11 is 1.65. The molecule has 1 atom stereocenters. The average molecular weight is 383 g/mol. The van der Waals surface area contributed by atoms with Gasteiger partial charge < -0.3 is 4.57 Å². The van der Waals surface area contributed by atoms with Gasteiger partial charge in [-0.25, -0.2) is 4.31 Å². The molecule has 2 heterocycles. The molecule has 3 aromatic rings. The van der Waals surface area contributed by atoms with E-state index >= 15 is 0 Å². The van der Waals surface area contributed by atoms with Gasteiger partial charge in [-0.1, -0.05) is 19.1 Å². The Balaban J connectivity index is 2.02. The van der Waals surface area contributed by atoms with Crippen molar-refractivity contribution in [2.75, 3.05) is 20.6 Å². The van der Waals surface area contributed by atoms with E-state index in [1.165, 1.54) is 33.3 Å². The summed E-state index contributed by atoms with van der Waals surface area (Å²) in [6, 6.07) is 11.5. The second-order valence-electron chi connectivity index (χ2n) is 7.21. The predicted octanol–water partition coefficient (Wildman–Crippen LogP) is 5.24. The zero-order valence-corrected chi connectivity index (χ0v) is 17.8. The second kappa shape index (κ2) is 8.91. The van der Waals surface area contributed by atoms with Crippen molar-refractivity contribution in [2.45, 2.75) is 39.7 Å². The van der Waals surface area contributed by atoms with Crippen LogP contribution in [0.2, 0.25) is 0 Å². The molecule has 1 unspecified atom stereocenters. The van der Waals surface area contributed by atoms with E-state index in [-0.39, 0.29) is 0 Å². The Bertz CT molecular complexity index is 886. The molecular formula is C22H30N4S. The van der Waals surface area contributed by atoms with E-state index in [4.69, 9.17) is 0 Å². The maximum Gasteiger partial charge on any atom is 0.0494 e. The maximum atomic E-state index is 4.15. The smallest absolute Gasteiger partial charge is 0.0494 e. The van der Waals surface area contributed by atoms with Crippen molar-refractivity contribution in [1.82, 2.24) is 18.6 Å². The number of nitrogens with zero attached hydrogens (tertiary/aromatic N) is 3. The molecule has 144 valence electrons. The lowest BCUT2D eigenvalue weighted by atomic mass is 10.0. The van der Waals surface area contributed by atoms with Crippen molar-refractivity contribution in [2.24, 2.45) is 0 Å². The normalized spacial score (nSPS) is 12.8. The topological polar surface area (TPSA) is 33.1 Å². The van der Waals surface area contributed by atoms with Crippen LogP contribution in [0.25, 0.3) is 22.0 Å². The Morgan fingerprint density at radius 3 is 2.56 bits per heavy atom. The minimum Gasteiger partial charge on any atom is -0.342 e. The molecule has 0 aliphatic carbocycles. The summed E-state index contributed by atoms with van der Waals surface area (Å²) < 4.78 is 8.04. The fourth-order valence-corrected chi connectivity index (χ4v) is 4.10. The fourth-order valence-electron chi connectivity index (χ4n) is 3.65. The standard InChI is InChI=1S/C22H30N4S/c1-6-16(2)26-17(3)20(11-14-24-27-25(4)5)21-8-7-19(15-22(21)26)18-9-12-23-13-10-18/h7-10,12-13,15-16,24H,6,11,14H2,1-5H3. The number of hydrogen-bond donors (Lipinski definition) is 1. The molecule has 5 heteroatoms. The van der Waals surface area contributed by atoms with E-state index in [1.54, 1.807) is 12.1 Å². The summed E-state index contributed by atoms with van der Waals surface area (Å²) in [7, 11) is 4.11. The molecule has 4 nitrogen and oxygen atoms in total. The molecule has 27 heavy (non-hydrogen) atoms. The highest BCUT2D eigenvalue weighted by molar-refractivity contribution is 7.95. The Labute approximate surface area is 167 Å². The summed E-state index contributed by atoms with van der Waals surface area (Å²) in [5, 5.41) is 1.38. The van der Waals surface area contributed by atoms with E-state index < -0.39 is 0 Å². The van der Waals surface area contributed by atoms with Crippen molar-refractivity contribution in [3.8, 4) is 11.1 Å². The molecule has 0 saturated carbocycles. The van der Waals surface area contributed by atoms with E-state index in [1.807, 2.05) is 12.4 Å². The van der Waals surface area contributed by atoms with Gasteiger partial charge in [0.2, 0.25) is 0 Å². The van der Waals surface area contributed by atoms with Crippen LogP contribution in [-0.2, 0) is 6.42 Å². The third-order valence-corrected chi connectivity index (χ3v) is 5.85. The van der Waals surface area contributed by atoms with Gasteiger partial charge in [-0.15, -0.1) is 0 Å². The molecule has 2 aromatic heterocycles. The van der Waals surface area contributed by atoms with Crippen molar-refractivity contribution in [3.63, 3.8) is 0 Å². The third-order valence-electron chi connectivity index (χ3n) is 5.15. The average Bonchev–Trinajstić information content (AvgIpc) is 2.96. The molecule has 0 aliphatic heterocycles. The Morgan fingerprint density at radius 2 is 1.89 bits per heavy atom. The van der Waals surface area contributed by atoms with Gasteiger partial charge in [-0.05, 0) is 75.7 Å². The van der Waals surface area contributed by atoms with Crippen LogP contribution in [0, 0.1) is 6.92 Å². The molecule has 0 aliphatic rings. The first-order chi connectivity index (χ1) is 13.0. The third kappa shape index (κ3) is 4.37. The zero-order chi connectivity index (χ0) is 19.4. The van der Waals surface area contributed by atoms with Crippen molar-refractivity contribution < 1.29 is 0 Å². The van der Waals surface area contributed by atoms with Crippen LogP contribution in [0.1, 0.15) is 37.6 Å². The predicted molar refractivity (Wildman–Crippen MR) is 118 cm³/mol. The highest BCUT2D eigenvalue weighted by atomic mass is 32.2. The molecule has 0 radical (unpaired) electrons. The van der Waals surface area contributed by atoms with Gasteiger partial charge in [-0.3, -0.25) is 9.71 Å². The number of rotatable bonds is 8. The number of aromatic nitrogens is 2. The first kappa shape index (κ1) is 19.9. The van der Waals surface area contributed by atoms with Crippen molar-refractivity contribution in [3.05, 3.63) is 54.0 Å². The molecule has 0 fully saturated rings. The quantitative estimate of drug-likeness (QED) is 0.427. The van der Waals surface area contributed by atoms with Crippen LogP contribution < -0.4 is 4.72 Å². The van der Waals surface area contributed by atoms with Gasteiger partial charge >= 0.3 is 0 Å². The largest absolute Gasteiger partial charge is 0.342 e. The second-order valence-corrected chi connectivity index (χ2v) is 8.41. The maximum absolute atomic E-state index is 4.15. The first-order valence-electron chi connectivity index (χ1n) is 9.63. The van der Waals surface area contributed by atoms with Gasteiger partial charge in [0.05, 0.1) is 0 Å². The minimum absolute atomic E-state index is 0.484. The summed E-state index contributed by atoms with van der Waals surface area (Å²) in [5.41, 5.74) is 6.65. The Morgan fingerprint density at radius 1 is 1.15 bits per heavy atom. The number of fused-ring (bicyclic) bond motifs is 1. The molecule has 0 bridgehead atoms. The van der Waals surface area contributed by atoms with E-state index in [2.05, 4.69) is 83.8 Å². The lowest BCUT2D eigenvalue weighted by Crippen LogP contribution is -2.15. The number of pyridine rings is 1. The first-order valence-corrected chi connectivity index (χ1v) is 10.4. The lowest BCUT2D eigenvalue weighted by Gasteiger charge is -2.16. The van der Waals surface area contributed by atoms with Crippen molar-refractivity contribution in [1.29, 1.82) is 0 Å². The summed E-state index contributed by atoms with van der Waals surface area (Å²) in [6.07, 6.45) is 5.87. The van der Waals surface area contributed by atoms with Gasteiger partial charge in [0.1, 0.15) is 0 Å². The number of hydrogen-bond acceptors (Lipinski definition) is 4. The fraction of sp³-hybridized carbons (Fsp3) is 0.409. The summed E-state index contributed by atoms with van der Waals surface area (Å²) in [6.45, 7) is 7.80. The van der Waals surface area contributed by atoms with Gasteiger partial charge in [-0.2, -0.15) is 0 Å². The van der Waals surface area contributed by atoms with Gasteiger partial charge in [0.15, 0.2) is 0 Å². The Hall–Kier alpha value is -1.82. The molecule has 0 spiro atoms. The summed E-state index contributed by atoms with van der Waals surface area (Å²) in [5.74, 6) is 0. The molecular weight excluding hydrogens is 352 g/mol. The molecule has 0 saturated heterocycles. The van der Waals surface area contributed by atoms with E-state index in [0.717, 1.165) is 19.4 Å². The highest BCUT2D eigenvalue weighted by Gasteiger charge is 2.17. The summed E-state index contributed by atoms with van der Waals surface area (Å²) in [4.78, 5) is 4.15. The zero-order valence-electron chi connectivity index (χ0n) is 17.0. The molecule has 0 amide bonds. The monoisotopic (exact) mass is 382 g/mol. The van der Waals surface area contributed by atoms with E-state index in [9.17, 15) is 0 Å². The van der Waals surface area contributed by atoms with Crippen LogP contribution in [0.5, 0.6) is 0 Å². The van der Waals surface area contributed by atoms with Gasteiger partial charge in [0.25, 0.3) is 0 Å². The Kier molecular flexibility index (Phi) is 6.58. The SMILES string of the molecule is CCC(C)n1c(C)c(CCNSN(C)C)c2ccc(-c3ccncc3)cc21. The van der Waals surface area contributed by atoms with Crippen LogP contribution >= 0.6 is 12.1 Å². The molecule has 3 rings (SSSR count). The van der Waals surface area contributed by atoms with Crippen LogP contribution in [0.4, 0.5) is 0 Å². The van der Waals surface area contributed by atoms with Crippen LogP contribution in [-0.4, -0.2) is 34.5 Å². The van der Waals surface area contributed by atoms with Crippen molar-refractivity contribution >= 4 is 23.0 Å². The molecule has 1 N–H and O–H groups in total. The highest BCUT2D eigenvalue weighted by Crippen LogP contribution is 2.33. The van der Waals surface area contributed by atoms with Crippen LogP contribution in [0.3, 0.4) is 0 Å². The number of nitrogens with one attached hydrogen (secondary N) is 1. The van der Waals surface area contributed by atoms with Gasteiger partial charge in [0, 0.05) is 53.7 Å². The van der Waals surface area contributed by atoms with Crippen LogP contribution in [0.15, 0.2) is 42.7 Å². The molecule has 1 aromatic carbocycles. The minimum atomic E-state index is 0.484. The van der Waals surface area contributed by atoms with E-state index in [0.29, 0.717) is 6.04 Å². The lowest BCUT2D eigenvalue weighted by molar-refractivity contribution is 0.535. The number of benzene rings is 1.